The summed E-state index contributed by atoms with van der Waals surface area (Å²) in [7, 11) is -2.88. The third-order valence-corrected chi connectivity index (χ3v) is 6.97. The van der Waals surface area contributed by atoms with Crippen molar-refractivity contribution in [3.63, 3.8) is 0 Å². The van der Waals surface area contributed by atoms with Crippen LogP contribution in [0.2, 0.25) is 0 Å². The van der Waals surface area contributed by atoms with Gasteiger partial charge in [0.05, 0.1) is 21.7 Å². The van der Waals surface area contributed by atoms with E-state index in [-0.39, 0.29) is 10.5 Å². The van der Waals surface area contributed by atoms with Gasteiger partial charge in [-0.25, -0.2) is 13.4 Å². The van der Waals surface area contributed by atoms with E-state index in [1.54, 1.807) is 5.51 Å². The zero-order valence-electron chi connectivity index (χ0n) is 7.64. The first-order valence-electron chi connectivity index (χ1n) is 4.84. The van der Waals surface area contributed by atoms with Crippen molar-refractivity contribution in [1.82, 2.24) is 4.98 Å². The molecule has 0 aliphatic carbocycles. The molecule has 2 aliphatic heterocycles. The summed E-state index contributed by atoms with van der Waals surface area (Å²) < 4.78 is 24.1. The van der Waals surface area contributed by atoms with Crippen molar-refractivity contribution in [3.05, 3.63) is 16.1 Å². The van der Waals surface area contributed by atoms with E-state index < -0.39 is 9.84 Å². The van der Waals surface area contributed by atoms with Gasteiger partial charge < -0.3 is 0 Å². The molecule has 1 aromatic heterocycles. The highest BCUT2D eigenvalue weighted by Crippen LogP contribution is 2.45. The third-order valence-electron chi connectivity index (χ3n) is 3.24. The quantitative estimate of drug-likeness (QED) is 0.680. The Morgan fingerprint density at radius 3 is 3.14 bits per heavy atom. The molecule has 2 aliphatic rings. The van der Waals surface area contributed by atoms with Crippen molar-refractivity contribution in [2.24, 2.45) is 0 Å². The van der Waals surface area contributed by atoms with E-state index >= 15 is 0 Å². The van der Waals surface area contributed by atoms with Crippen LogP contribution in [0.15, 0.2) is 5.51 Å². The van der Waals surface area contributed by atoms with Crippen molar-refractivity contribution in [2.75, 3.05) is 0 Å². The molecular weight excluding hydrogens is 218 g/mol. The Morgan fingerprint density at radius 2 is 2.29 bits per heavy atom. The van der Waals surface area contributed by atoms with Crippen LogP contribution in [0.5, 0.6) is 0 Å². The second-order valence-corrected chi connectivity index (χ2v) is 7.30. The molecule has 3 heterocycles. The highest BCUT2D eigenvalue weighted by molar-refractivity contribution is 7.92. The molecule has 2 atom stereocenters. The molecule has 0 aromatic carbocycles. The number of hydrogen-bond donors (Lipinski definition) is 0. The van der Waals surface area contributed by atoms with Gasteiger partial charge in [0.25, 0.3) is 0 Å². The van der Waals surface area contributed by atoms with E-state index in [2.05, 4.69) is 4.98 Å². The van der Waals surface area contributed by atoms with Crippen molar-refractivity contribution in [3.8, 4) is 0 Å². The number of rotatable bonds is 0. The molecule has 3 rings (SSSR count). The van der Waals surface area contributed by atoms with Crippen LogP contribution < -0.4 is 0 Å². The Kier molecular flexibility index (Phi) is 1.77. The van der Waals surface area contributed by atoms with Gasteiger partial charge in [0.15, 0.2) is 9.84 Å². The summed E-state index contributed by atoms with van der Waals surface area (Å²) in [5, 5.41) is -0.367. The Bertz CT molecular complexity index is 463. The number of sulfone groups is 1. The molecule has 0 amide bonds. The second-order valence-electron chi connectivity index (χ2n) is 4.00. The summed E-state index contributed by atoms with van der Waals surface area (Å²) in [5.41, 5.74) is 2.82. The first-order chi connectivity index (χ1) is 6.69. The summed E-state index contributed by atoms with van der Waals surface area (Å²) >= 11 is 1.51. The number of hydrogen-bond acceptors (Lipinski definition) is 4. The van der Waals surface area contributed by atoms with Gasteiger partial charge in [-0.2, -0.15) is 0 Å². The lowest BCUT2D eigenvalue weighted by molar-refractivity contribution is 0.493. The molecule has 76 valence electrons. The van der Waals surface area contributed by atoms with Gasteiger partial charge in [0.2, 0.25) is 0 Å². The van der Waals surface area contributed by atoms with Crippen LogP contribution >= 0.6 is 11.3 Å². The maximum atomic E-state index is 12.0. The first kappa shape index (κ1) is 8.85. The van der Waals surface area contributed by atoms with Crippen LogP contribution in [0.25, 0.3) is 0 Å². The summed E-state index contributed by atoms with van der Waals surface area (Å²) in [6, 6.07) is 0. The average molecular weight is 229 g/mol. The predicted molar refractivity (Wildman–Crippen MR) is 55.1 cm³/mol. The summed E-state index contributed by atoms with van der Waals surface area (Å²) in [4.78, 5) is 5.27. The van der Waals surface area contributed by atoms with E-state index in [9.17, 15) is 8.42 Å². The van der Waals surface area contributed by atoms with Crippen LogP contribution in [0.4, 0.5) is 0 Å². The Labute approximate surface area is 87.1 Å². The molecule has 0 spiro atoms. The molecule has 3 nitrogen and oxygen atoms in total. The predicted octanol–water partition coefficient (Wildman–Crippen LogP) is 1.71. The van der Waals surface area contributed by atoms with Crippen molar-refractivity contribution in [1.29, 1.82) is 0 Å². The molecule has 1 saturated heterocycles. The second kappa shape index (κ2) is 2.79. The molecule has 0 saturated carbocycles. The summed E-state index contributed by atoms with van der Waals surface area (Å²) in [5.74, 6) is 0. The Hall–Kier alpha value is -0.420. The van der Waals surface area contributed by atoms with E-state index in [1.165, 1.54) is 11.3 Å². The van der Waals surface area contributed by atoms with Gasteiger partial charge in [-0.15, -0.1) is 11.3 Å². The van der Waals surface area contributed by atoms with E-state index in [4.69, 9.17) is 0 Å². The molecule has 0 radical (unpaired) electrons. The van der Waals surface area contributed by atoms with Crippen molar-refractivity contribution >= 4 is 21.2 Å². The number of nitrogens with zero attached hydrogens (tertiary/aromatic N) is 1. The largest absolute Gasteiger partial charge is 0.249 e. The molecule has 0 N–H and O–H groups in total. The average Bonchev–Trinajstić information content (AvgIpc) is 2.50. The zero-order chi connectivity index (χ0) is 9.76. The lowest BCUT2D eigenvalue weighted by atomic mass is 10.0. The van der Waals surface area contributed by atoms with E-state index in [0.29, 0.717) is 6.42 Å². The highest BCUT2D eigenvalue weighted by Gasteiger charge is 2.44. The van der Waals surface area contributed by atoms with Gasteiger partial charge in [-0.05, 0) is 12.8 Å². The monoisotopic (exact) mass is 229 g/mol. The van der Waals surface area contributed by atoms with Gasteiger partial charge in [-0.3, -0.25) is 0 Å². The number of fused-ring (bicyclic) bond motifs is 4. The van der Waals surface area contributed by atoms with Crippen LogP contribution in [-0.4, -0.2) is 18.7 Å². The van der Waals surface area contributed by atoms with Crippen LogP contribution in [-0.2, 0) is 16.3 Å². The lowest BCUT2D eigenvalue weighted by Gasteiger charge is -2.33. The molecular formula is C9H11NO2S2. The van der Waals surface area contributed by atoms with Crippen LogP contribution in [0.3, 0.4) is 0 Å². The maximum absolute atomic E-state index is 12.0. The number of aromatic nitrogens is 1. The molecule has 1 fully saturated rings. The third kappa shape index (κ3) is 1.02. The Morgan fingerprint density at radius 1 is 1.43 bits per heavy atom. The standard InChI is InChI=1S/C9H11NO2S2/c11-14(12)6-2-1-3-8(14)9-7(4-6)10-5-13-9/h5-6,8H,1-4H2. The van der Waals surface area contributed by atoms with Gasteiger partial charge in [0.1, 0.15) is 0 Å². The smallest absolute Gasteiger partial charge is 0.161 e. The van der Waals surface area contributed by atoms with E-state index in [0.717, 1.165) is 29.8 Å². The highest BCUT2D eigenvalue weighted by atomic mass is 32.2. The van der Waals surface area contributed by atoms with Crippen molar-refractivity contribution < 1.29 is 8.42 Å². The SMILES string of the molecule is O=S1(=O)C2CCCC1c1scnc1C2. The normalized spacial score (nSPS) is 33.7. The fourth-order valence-corrected chi connectivity index (χ4v) is 6.18. The molecule has 5 heteroatoms. The number of thiazole rings is 1. The minimum absolute atomic E-state index is 0.143. The van der Waals surface area contributed by atoms with Gasteiger partial charge in [0, 0.05) is 11.3 Å². The fourth-order valence-electron chi connectivity index (χ4n) is 2.50. The molecule has 1 aromatic rings. The first-order valence-corrected chi connectivity index (χ1v) is 7.33. The summed E-state index contributed by atoms with van der Waals surface area (Å²) in [6.07, 6.45) is 3.33. The van der Waals surface area contributed by atoms with Crippen LogP contribution in [0, 0.1) is 0 Å². The van der Waals surface area contributed by atoms with Crippen LogP contribution in [0.1, 0.15) is 35.1 Å². The zero-order valence-corrected chi connectivity index (χ0v) is 9.27. The maximum Gasteiger partial charge on any atom is 0.161 e. The van der Waals surface area contributed by atoms with Crippen molar-refractivity contribution in [2.45, 2.75) is 36.2 Å². The molecule has 2 bridgehead atoms. The molecule has 14 heavy (non-hydrogen) atoms. The van der Waals surface area contributed by atoms with Gasteiger partial charge >= 0.3 is 0 Å². The fraction of sp³-hybridized carbons (Fsp3) is 0.667. The van der Waals surface area contributed by atoms with Gasteiger partial charge in [-0.1, -0.05) is 6.42 Å². The lowest BCUT2D eigenvalue weighted by Crippen LogP contribution is -2.37. The summed E-state index contributed by atoms with van der Waals surface area (Å²) in [6.45, 7) is 0. The minimum Gasteiger partial charge on any atom is -0.249 e. The molecule has 2 unspecified atom stereocenters. The minimum atomic E-state index is -2.88. The topological polar surface area (TPSA) is 47.0 Å². The van der Waals surface area contributed by atoms with E-state index in [1.807, 2.05) is 0 Å². The Balaban J connectivity index is 2.22.